The van der Waals surface area contributed by atoms with E-state index >= 15 is 0 Å². The lowest BCUT2D eigenvalue weighted by molar-refractivity contribution is -0.914. The first-order valence-corrected chi connectivity index (χ1v) is 10.8. The van der Waals surface area contributed by atoms with E-state index in [1.54, 1.807) is 11.8 Å². The second-order valence-electron chi connectivity index (χ2n) is 8.31. The van der Waals surface area contributed by atoms with Crippen molar-refractivity contribution in [1.82, 2.24) is 0 Å². The highest BCUT2D eigenvalue weighted by Crippen LogP contribution is 2.28. The Morgan fingerprint density at radius 1 is 0.833 bits per heavy atom. The quantitative estimate of drug-likeness (QED) is 0.416. The summed E-state index contributed by atoms with van der Waals surface area (Å²) in [6, 6.07) is 27.9. The van der Waals surface area contributed by atoms with E-state index in [9.17, 15) is 4.79 Å². The smallest absolute Gasteiger partial charge is 0.159 e. The number of Topliss-reactive ketones (excluding diaryl/α,β-unsaturated/α-hetero) is 1. The van der Waals surface area contributed by atoms with Gasteiger partial charge in [0.25, 0.3) is 0 Å². The zero-order valence-electron chi connectivity index (χ0n) is 17.4. The maximum Gasteiger partial charge on any atom is 0.159 e. The molecule has 0 radical (unpaired) electrons. The van der Waals surface area contributed by atoms with Crippen molar-refractivity contribution >= 4 is 33.0 Å². The van der Waals surface area contributed by atoms with Gasteiger partial charge in [0.05, 0.1) is 26.2 Å². The Labute approximate surface area is 177 Å². The van der Waals surface area contributed by atoms with E-state index in [1.165, 1.54) is 32.8 Å². The molecule has 1 aliphatic heterocycles. The topological polar surface area (TPSA) is 24.8 Å². The number of anilines is 1. The molecule has 30 heavy (non-hydrogen) atoms. The van der Waals surface area contributed by atoms with Crippen molar-refractivity contribution < 1.29 is 9.69 Å². The molecule has 4 aromatic carbocycles. The number of benzene rings is 4. The molecule has 1 aliphatic rings. The Bertz CT molecular complexity index is 1150. The minimum absolute atomic E-state index is 0.123. The van der Waals surface area contributed by atoms with E-state index in [0.717, 1.165) is 38.3 Å². The Hall–Kier alpha value is -3.17. The Kier molecular flexibility index (Phi) is 4.97. The lowest BCUT2D eigenvalue weighted by Gasteiger charge is -2.34. The number of nitrogens with one attached hydrogen (secondary N) is 1. The molecule has 0 unspecified atom stereocenters. The van der Waals surface area contributed by atoms with Crippen molar-refractivity contribution in [2.45, 2.75) is 13.5 Å². The Morgan fingerprint density at radius 2 is 1.40 bits per heavy atom. The van der Waals surface area contributed by atoms with E-state index in [-0.39, 0.29) is 5.78 Å². The first kappa shape index (κ1) is 18.8. The van der Waals surface area contributed by atoms with Crippen molar-refractivity contribution in [2.75, 3.05) is 31.1 Å². The number of piperazine rings is 1. The van der Waals surface area contributed by atoms with Crippen LogP contribution in [0.4, 0.5) is 5.69 Å². The molecule has 0 aliphatic carbocycles. The van der Waals surface area contributed by atoms with Crippen molar-refractivity contribution in [3.05, 3.63) is 90.0 Å². The lowest BCUT2D eigenvalue weighted by atomic mass is 9.96. The van der Waals surface area contributed by atoms with Crippen molar-refractivity contribution in [3.63, 3.8) is 0 Å². The third-order valence-corrected chi connectivity index (χ3v) is 6.42. The largest absolute Gasteiger partial charge is 0.360 e. The maximum atomic E-state index is 11.5. The summed E-state index contributed by atoms with van der Waals surface area (Å²) in [4.78, 5) is 15.6. The fraction of sp³-hybridized carbons (Fsp3) is 0.222. The van der Waals surface area contributed by atoms with Crippen LogP contribution in [-0.4, -0.2) is 32.0 Å². The molecular formula is C27H27N2O+. The number of nitrogens with zero attached hydrogens (tertiary/aromatic N) is 1. The van der Waals surface area contributed by atoms with Gasteiger partial charge in [0, 0.05) is 16.8 Å². The number of carbonyl (C=O) groups is 1. The third kappa shape index (κ3) is 3.57. The number of hydrogen-bond donors (Lipinski definition) is 1. The molecule has 5 rings (SSSR count). The molecule has 150 valence electrons. The van der Waals surface area contributed by atoms with Gasteiger partial charge >= 0.3 is 0 Å². The van der Waals surface area contributed by atoms with Crippen molar-refractivity contribution in [1.29, 1.82) is 0 Å². The number of quaternary nitrogens is 1. The van der Waals surface area contributed by atoms with Crippen LogP contribution >= 0.6 is 0 Å². The van der Waals surface area contributed by atoms with Gasteiger partial charge in [-0.25, -0.2) is 0 Å². The second kappa shape index (κ2) is 7.92. The highest BCUT2D eigenvalue weighted by atomic mass is 16.1. The van der Waals surface area contributed by atoms with E-state index < -0.39 is 0 Å². The summed E-state index contributed by atoms with van der Waals surface area (Å²) in [5.41, 5.74) is 3.47. The molecule has 4 aromatic rings. The van der Waals surface area contributed by atoms with Crippen LogP contribution in [0.2, 0.25) is 0 Å². The fourth-order valence-corrected chi connectivity index (χ4v) is 4.71. The molecule has 0 amide bonds. The monoisotopic (exact) mass is 395 g/mol. The van der Waals surface area contributed by atoms with Gasteiger partial charge in [-0.1, -0.05) is 48.5 Å². The molecule has 1 fully saturated rings. The molecule has 1 saturated heterocycles. The lowest BCUT2D eigenvalue weighted by Crippen LogP contribution is -3.13. The Morgan fingerprint density at radius 3 is 1.97 bits per heavy atom. The molecule has 3 heteroatoms. The zero-order chi connectivity index (χ0) is 20.5. The SMILES string of the molecule is CC(=O)c1ccc(N2CC[NH+](Cc3c4ccccc4cc4ccccc34)CC2)cc1. The molecule has 0 spiro atoms. The summed E-state index contributed by atoms with van der Waals surface area (Å²) < 4.78 is 0. The molecular weight excluding hydrogens is 368 g/mol. The first-order chi connectivity index (χ1) is 14.7. The highest BCUT2D eigenvalue weighted by Gasteiger charge is 2.22. The van der Waals surface area contributed by atoms with Crippen molar-refractivity contribution in [3.8, 4) is 0 Å². The number of hydrogen-bond acceptors (Lipinski definition) is 2. The van der Waals surface area contributed by atoms with E-state index in [0.29, 0.717) is 0 Å². The van der Waals surface area contributed by atoms with E-state index in [4.69, 9.17) is 0 Å². The van der Waals surface area contributed by atoms with Crippen LogP contribution in [0.15, 0.2) is 78.9 Å². The van der Waals surface area contributed by atoms with Gasteiger partial charge in [0.1, 0.15) is 6.54 Å². The normalized spacial score (nSPS) is 15.0. The number of ketones is 1. The predicted octanol–water partition coefficient (Wildman–Crippen LogP) is 4.10. The van der Waals surface area contributed by atoms with Gasteiger partial charge in [-0.15, -0.1) is 0 Å². The zero-order valence-corrected chi connectivity index (χ0v) is 17.4. The number of fused-ring (bicyclic) bond motifs is 2. The maximum absolute atomic E-state index is 11.5. The van der Waals surface area contributed by atoms with Gasteiger partial charge in [0.2, 0.25) is 0 Å². The average molecular weight is 396 g/mol. The van der Waals surface area contributed by atoms with Gasteiger partial charge in [0.15, 0.2) is 5.78 Å². The van der Waals surface area contributed by atoms with Gasteiger partial charge < -0.3 is 9.80 Å². The van der Waals surface area contributed by atoms with Crippen LogP contribution in [0.3, 0.4) is 0 Å². The molecule has 0 aromatic heterocycles. The third-order valence-electron chi connectivity index (χ3n) is 6.42. The van der Waals surface area contributed by atoms with Crippen LogP contribution in [0.5, 0.6) is 0 Å². The number of rotatable bonds is 4. The van der Waals surface area contributed by atoms with Crippen LogP contribution in [0.25, 0.3) is 21.5 Å². The minimum Gasteiger partial charge on any atom is -0.360 e. The summed E-state index contributed by atoms with van der Waals surface area (Å²) in [7, 11) is 0. The average Bonchev–Trinajstić information content (AvgIpc) is 2.79. The second-order valence-corrected chi connectivity index (χ2v) is 8.31. The molecule has 1 N–H and O–H groups in total. The summed E-state index contributed by atoms with van der Waals surface area (Å²) in [5, 5.41) is 5.42. The molecule has 0 atom stereocenters. The van der Waals surface area contributed by atoms with Crippen LogP contribution in [0.1, 0.15) is 22.8 Å². The first-order valence-electron chi connectivity index (χ1n) is 10.8. The molecule has 1 heterocycles. The molecule has 0 saturated carbocycles. The van der Waals surface area contributed by atoms with E-state index in [2.05, 4.69) is 71.6 Å². The number of carbonyl (C=O) groups excluding carboxylic acids is 1. The molecule has 3 nitrogen and oxygen atoms in total. The standard InChI is InChI=1S/C27H26N2O/c1-20(30)21-10-12-24(13-11-21)29-16-14-28(15-17-29)19-27-25-8-4-2-6-22(25)18-23-7-3-5-9-26(23)27/h2-13,18H,14-17,19H2,1H3/p+1. The van der Waals surface area contributed by atoms with Gasteiger partial charge in [-0.3, -0.25) is 4.79 Å². The van der Waals surface area contributed by atoms with Crippen molar-refractivity contribution in [2.24, 2.45) is 0 Å². The Balaban J connectivity index is 1.36. The van der Waals surface area contributed by atoms with Crippen LogP contribution < -0.4 is 9.80 Å². The summed E-state index contributed by atoms with van der Waals surface area (Å²) in [5.74, 6) is 0.123. The van der Waals surface area contributed by atoms with Gasteiger partial charge in [-0.05, 0) is 58.8 Å². The predicted molar refractivity (Wildman–Crippen MR) is 125 cm³/mol. The van der Waals surface area contributed by atoms with Gasteiger partial charge in [-0.2, -0.15) is 0 Å². The minimum atomic E-state index is 0.123. The fourth-order valence-electron chi connectivity index (χ4n) is 4.71. The highest BCUT2D eigenvalue weighted by molar-refractivity contribution is 6.02. The van der Waals surface area contributed by atoms with Crippen LogP contribution in [0, 0.1) is 0 Å². The summed E-state index contributed by atoms with van der Waals surface area (Å²) in [6.45, 7) is 6.99. The summed E-state index contributed by atoms with van der Waals surface area (Å²) >= 11 is 0. The van der Waals surface area contributed by atoms with E-state index in [1.807, 2.05) is 12.1 Å². The summed E-state index contributed by atoms with van der Waals surface area (Å²) in [6.07, 6.45) is 0. The van der Waals surface area contributed by atoms with Crippen LogP contribution in [-0.2, 0) is 6.54 Å². The molecule has 0 bridgehead atoms.